The molecule has 1 aromatic carbocycles. The first-order valence-corrected chi connectivity index (χ1v) is 7.47. The van der Waals surface area contributed by atoms with Gasteiger partial charge < -0.3 is 19.5 Å². The van der Waals surface area contributed by atoms with Crippen molar-refractivity contribution in [2.75, 3.05) is 20.8 Å². The smallest absolute Gasteiger partial charge is 0.407 e. The molecule has 1 rings (SSSR count). The van der Waals surface area contributed by atoms with Gasteiger partial charge in [0.1, 0.15) is 5.60 Å². The monoisotopic (exact) mass is 319 g/mol. The first-order chi connectivity index (χ1) is 10.9. The molecular formula is C18H25NO4. The highest BCUT2D eigenvalue weighted by Crippen LogP contribution is 2.20. The maximum atomic E-state index is 11.5. The van der Waals surface area contributed by atoms with E-state index in [0.717, 1.165) is 11.1 Å². The van der Waals surface area contributed by atoms with Gasteiger partial charge in [0.2, 0.25) is 0 Å². The van der Waals surface area contributed by atoms with Gasteiger partial charge in [0.05, 0.1) is 0 Å². The molecule has 0 heterocycles. The number of hydrogen-bond donors (Lipinski definition) is 1. The van der Waals surface area contributed by atoms with E-state index in [2.05, 4.69) is 17.2 Å². The van der Waals surface area contributed by atoms with Crippen LogP contribution in [0.5, 0.6) is 0 Å². The molecule has 0 radical (unpaired) electrons. The molecule has 0 unspecified atom stereocenters. The van der Waals surface area contributed by atoms with E-state index < -0.39 is 18.0 Å². The highest BCUT2D eigenvalue weighted by atomic mass is 16.7. The number of amides is 1. The molecule has 1 aromatic rings. The largest absolute Gasteiger partial charge is 0.444 e. The summed E-state index contributed by atoms with van der Waals surface area (Å²) < 4.78 is 15.7. The van der Waals surface area contributed by atoms with Crippen LogP contribution in [0.1, 0.15) is 44.6 Å². The fourth-order valence-corrected chi connectivity index (χ4v) is 1.87. The Labute approximate surface area is 138 Å². The van der Waals surface area contributed by atoms with Crippen molar-refractivity contribution in [1.82, 2.24) is 5.32 Å². The van der Waals surface area contributed by atoms with Gasteiger partial charge in [0.15, 0.2) is 6.29 Å². The number of carbonyl (C=O) groups excluding carboxylic acids is 1. The molecule has 0 fully saturated rings. The molecule has 1 amide bonds. The van der Waals surface area contributed by atoms with Gasteiger partial charge in [-0.15, -0.1) is 0 Å². The van der Waals surface area contributed by atoms with Crippen LogP contribution in [-0.4, -0.2) is 32.5 Å². The standard InChI is InChI=1S/C18H25NO4/c1-18(2,3)23-17(20)19-13-9-8-11-14-10-6-7-12-15(14)16(21-4)22-5/h6-7,10,12,16H,9,13H2,1-5H3,(H,19,20). The van der Waals surface area contributed by atoms with E-state index in [0.29, 0.717) is 13.0 Å². The van der Waals surface area contributed by atoms with Crippen molar-refractivity contribution in [3.63, 3.8) is 0 Å². The molecular weight excluding hydrogens is 294 g/mol. The van der Waals surface area contributed by atoms with E-state index in [1.807, 2.05) is 45.0 Å². The minimum Gasteiger partial charge on any atom is -0.444 e. The fraction of sp³-hybridized carbons (Fsp3) is 0.500. The van der Waals surface area contributed by atoms with Crippen LogP contribution in [0.3, 0.4) is 0 Å². The SMILES string of the molecule is COC(OC)c1ccccc1C#CCCNC(=O)OC(C)(C)C. The minimum atomic E-state index is -0.496. The predicted molar refractivity (Wildman–Crippen MR) is 88.9 cm³/mol. The van der Waals surface area contributed by atoms with Crippen molar-refractivity contribution in [1.29, 1.82) is 0 Å². The summed E-state index contributed by atoms with van der Waals surface area (Å²) in [6, 6.07) is 7.65. The summed E-state index contributed by atoms with van der Waals surface area (Å²) in [5.74, 6) is 6.11. The lowest BCUT2D eigenvalue weighted by molar-refractivity contribution is -0.106. The highest BCUT2D eigenvalue weighted by molar-refractivity contribution is 5.67. The van der Waals surface area contributed by atoms with E-state index in [-0.39, 0.29) is 0 Å². The molecule has 5 heteroatoms. The second kappa shape index (κ2) is 9.19. The van der Waals surface area contributed by atoms with E-state index in [1.165, 1.54) is 0 Å². The number of benzene rings is 1. The quantitative estimate of drug-likeness (QED) is 0.514. The van der Waals surface area contributed by atoms with E-state index in [1.54, 1.807) is 14.2 Å². The van der Waals surface area contributed by atoms with E-state index in [4.69, 9.17) is 14.2 Å². The van der Waals surface area contributed by atoms with E-state index >= 15 is 0 Å². The third-order valence-electron chi connectivity index (χ3n) is 2.78. The first kappa shape index (κ1) is 19.0. The zero-order valence-corrected chi connectivity index (χ0v) is 14.4. The molecule has 0 aliphatic heterocycles. The molecule has 0 saturated carbocycles. The number of carbonyl (C=O) groups is 1. The Morgan fingerprint density at radius 1 is 1.22 bits per heavy atom. The van der Waals surface area contributed by atoms with Gasteiger partial charge in [-0.05, 0) is 26.8 Å². The van der Waals surface area contributed by atoms with Gasteiger partial charge in [-0.25, -0.2) is 4.79 Å². The molecule has 0 aromatic heterocycles. The average Bonchev–Trinajstić information content (AvgIpc) is 2.47. The van der Waals surface area contributed by atoms with Crippen LogP contribution in [0.4, 0.5) is 4.79 Å². The van der Waals surface area contributed by atoms with Gasteiger partial charge in [-0.1, -0.05) is 30.0 Å². The summed E-state index contributed by atoms with van der Waals surface area (Å²) in [5, 5.41) is 2.67. The van der Waals surface area contributed by atoms with Crippen LogP contribution in [-0.2, 0) is 14.2 Å². The van der Waals surface area contributed by atoms with Crippen molar-refractivity contribution in [2.45, 2.75) is 39.1 Å². The van der Waals surface area contributed by atoms with Crippen LogP contribution < -0.4 is 5.32 Å². The third kappa shape index (κ3) is 7.18. The van der Waals surface area contributed by atoms with Crippen molar-refractivity contribution >= 4 is 6.09 Å². The summed E-state index contributed by atoms with van der Waals surface area (Å²) in [6.45, 7) is 5.91. The summed E-state index contributed by atoms with van der Waals surface area (Å²) in [6.07, 6.45) is -0.350. The van der Waals surface area contributed by atoms with Crippen LogP contribution in [0.15, 0.2) is 24.3 Å². The maximum absolute atomic E-state index is 11.5. The van der Waals surface area contributed by atoms with Gasteiger partial charge in [-0.3, -0.25) is 0 Å². The number of ether oxygens (including phenoxy) is 3. The lowest BCUT2D eigenvalue weighted by atomic mass is 10.1. The number of alkyl carbamates (subject to hydrolysis) is 1. The maximum Gasteiger partial charge on any atom is 0.407 e. The van der Waals surface area contributed by atoms with Crippen LogP contribution in [0.2, 0.25) is 0 Å². The normalized spacial score (nSPS) is 10.9. The average molecular weight is 319 g/mol. The molecule has 126 valence electrons. The van der Waals surface area contributed by atoms with Crippen molar-refractivity contribution in [2.24, 2.45) is 0 Å². The molecule has 0 saturated heterocycles. The molecule has 0 atom stereocenters. The Bertz CT molecular complexity index is 562. The van der Waals surface area contributed by atoms with Gasteiger partial charge in [0.25, 0.3) is 0 Å². The Balaban J connectivity index is 2.56. The number of nitrogens with one attached hydrogen (secondary N) is 1. The van der Waals surface area contributed by atoms with Crippen LogP contribution in [0.25, 0.3) is 0 Å². The van der Waals surface area contributed by atoms with Crippen LogP contribution >= 0.6 is 0 Å². The fourth-order valence-electron chi connectivity index (χ4n) is 1.87. The molecule has 23 heavy (non-hydrogen) atoms. The van der Waals surface area contributed by atoms with Gasteiger partial charge >= 0.3 is 6.09 Å². The summed E-state index contributed by atoms with van der Waals surface area (Å²) in [4.78, 5) is 11.5. The lowest BCUT2D eigenvalue weighted by Gasteiger charge is -2.19. The Hall–Kier alpha value is -2.03. The lowest BCUT2D eigenvalue weighted by Crippen LogP contribution is -2.32. The Kier molecular flexibility index (Phi) is 7.60. The highest BCUT2D eigenvalue weighted by Gasteiger charge is 2.15. The zero-order chi connectivity index (χ0) is 17.3. The Morgan fingerprint density at radius 3 is 2.48 bits per heavy atom. The van der Waals surface area contributed by atoms with Gasteiger partial charge in [0, 0.05) is 38.3 Å². The molecule has 0 spiro atoms. The number of hydrogen-bond acceptors (Lipinski definition) is 4. The molecule has 0 aliphatic rings. The van der Waals surface area contributed by atoms with Gasteiger partial charge in [-0.2, -0.15) is 0 Å². The Morgan fingerprint density at radius 2 is 1.87 bits per heavy atom. The van der Waals surface area contributed by atoms with Crippen molar-refractivity contribution < 1.29 is 19.0 Å². The molecule has 1 N–H and O–H groups in total. The minimum absolute atomic E-state index is 0.432. The first-order valence-electron chi connectivity index (χ1n) is 7.47. The topological polar surface area (TPSA) is 56.8 Å². The van der Waals surface area contributed by atoms with E-state index in [9.17, 15) is 4.79 Å². The number of methoxy groups -OCH3 is 2. The zero-order valence-electron chi connectivity index (χ0n) is 14.4. The number of rotatable bonds is 5. The summed E-state index contributed by atoms with van der Waals surface area (Å²) in [5.41, 5.74) is 1.23. The van der Waals surface area contributed by atoms with Crippen molar-refractivity contribution in [3.05, 3.63) is 35.4 Å². The summed E-state index contributed by atoms with van der Waals surface area (Å²) in [7, 11) is 3.17. The molecule has 5 nitrogen and oxygen atoms in total. The van der Waals surface area contributed by atoms with Crippen molar-refractivity contribution in [3.8, 4) is 11.8 Å². The van der Waals surface area contributed by atoms with Crippen LogP contribution in [0, 0.1) is 11.8 Å². The molecule has 0 bridgehead atoms. The molecule has 0 aliphatic carbocycles. The third-order valence-corrected chi connectivity index (χ3v) is 2.78. The summed E-state index contributed by atoms with van der Waals surface area (Å²) >= 11 is 0. The second-order valence-corrected chi connectivity index (χ2v) is 5.87. The predicted octanol–water partition coefficient (Wildman–Crippen LogP) is 3.24. The second-order valence-electron chi connectivity index (χ2n) is 5.87.